The van der Waals surface area contributed by atoms with E-state index >= 15 is 0 Å². The highest BCUT2D eigenvalue weighted by atomic mass is 16.5. The number of hydrogen-bond acceptors (Lipinski definition) is 5. The number of ketones is 1. The van der Waals surface area contributed by atoms with Crippen LogP contribution in [0, 0.1) is 6.92 Å². The molecule has 3 rings (SSSR count). The van der Waals surface area contributed by atoms with Crippen LogP contribution < -0.4 is 4.74 Å². The lowest BCUT2D eigenvalue weighted by Crippen LogP contribution is -1.96. The van der Waals surface area contributed by atoms with Gasteiger partial charge in [-0.25, -0.2) is 0 Å². The maximum Gasteiger partial charge on any atom is 0.269 e. The van der Waals surface area contributed by atoms with Gasteiger partial charge in [0.1, 0.15) is 5.75 Å². The quantitative estimate of drug-likeness (QED) is 0.747. The molecule has 0 unspecified atom stereocenters. The minimum absolute atomic E-state index is 0.177. The zero-order valence-electron chi connectivity index (χ0n) is 12.2. The number of ether oxygens (including phenoxy) is 1. The van der Waals surface area contributed by atoms with Crippen molar-refractivity contribution in [3.63, 3.8) is 0 Å². The molecular formula is C16H14N4O2. The van der Waals surface area contributed by atoms with Crippen molar-refractivity contribution in [3.8, 4) is 22.8 Å². The number of H-pyrrole nitrogens is 1. The Morgan fingerprint density at radius 2 is 1.91 bits per heavy atom. The summed E-state index contributed by atoms with van der Waals surface area (Å²) in [6.45, 7) is 3.38. The van der Waals surface area contributed by atoms with Gasteiger partial charge in [0.15, 0.2) is 11.5 Å². The normalized spacial score (nSPS) is 10.5. The Morgan fingerprint density at radius 3 is 2.59 bits per heavy atom. The SMILES string of the molecule is CC(=O)c1[nH]nnc1Oc1ccc(-c2ccnc(C)c2)cc1. The van der Waals surface area contributed by atoms with Crippen molar-refractivity contribution in [1.29, 1.82) is 0 Å². The second kappa shape index (κ2) is 5.77. The first-order chi connectivity index (χ1) is 10.6. The molecule has 0 aliphatic heterocycles. The highest BCUT2D eigenvalue weighted by Gasteiger charge is 2.13. The number of Topliss-reactive ketones (excluding diaryl/α,β-unsaturated/α-hetero) is 1. The fourth-order valence-corrected chi connectivity index (χ4v) is 2.07. The first-order valence-corrected chi connectivity index (χ1v) is 6.76. The van der Waals surface area contributed by atoms with Crippen molar-refractivity contribution in [3.05, 3.63) is 54.0 Å². The summed E-state index contributed by atoms with van der Waals surface area (Å²) in [5, 5.41) is 9.88. The average molecular weight is 294 g/mol. The third kappa shape index (κ3) is 2.85. The Kier molecular flexibility index (Phi) is 3.65. The summed E-state index contributed by atoms with van der Waals surface area (Å²) in [4.78, 5) is 15.6. The number of pyridine rings is 1. The number of nitrogens with one attached hydrogen (secondary N) is 1. The molecule has 0 bridgehead atoms. The van der Waals surface area contributed by atoms with Gasteiger partial charge in [0.25, 0.3) is 5.88 Å². The van der Waals surface area contributed by atoms with Crippen molar-refractivity contribution in [2.45, 2.75) is 13.8 Å². The van der Waals surface area contributed by atoms with Gasteiger partial charge in [-0.05, 0) is 42.3 Å². The number of aromatic nitrogens is 4. The summed E-state index contributed by atoms with van der Waals surface area (Å²) in [7, 11) is 0. The Morgan fingerprint density at radius 1 is 1.14 bits per heavy atom. The van der Waals surface area contributed by atoms with Crippen molar-refractivity contribution in [1.82, 2.24) is 20.4 Å². The highest BCUT2D eigenvalue weighted by Crippen LogP contribution is 2.26. The molecule has 0 atom stereocenters. The van der Waals surface area contributed by atoms with E-state index in [-0.39, 0.29) is 17.4 Å². The molecule has 6 heteroatoms. The molecule has 3 aromatic rings. The van der Waals surface area contributed by atoms with Crippen LogP contribution in [0.4, 0.5) is 0 Å². The topological polar surface area (TPSA) is 80.8 Å². The number of aromatic amines is 1. The molecule has 2 heterocycles. The average Bonchev–Trinajstić information content (AvgIpc) is 2.96. The van der Waals surface area contributed by atoms with Crippen LogP contribution in [0.2, 0.25) is 0 Å². The Labute approximate surface area is 127 Å². The number of benzene rings is 1. The zero-order chi connectivity index (χ0) is 15.5. The number of nitrogens with zero attached hydrogens (tertiary/aromatic N) is 3. The van der Waals surface area contributed by atoms with Crippen LogP contribution in [0.5, 0.6) is 11.6 Å². The molecule has 1 N–H and O–H groups in total. The van der Waals surface area contributed by atoms with Gasteiger partial charge in [-0.1, -0.05) is 22.4 Å². The van der Waals surface area contributed by atoms with E-state index in [1.807, 2.05) is 43.3 Å². The lowest BCUT2D eigenvalue weighted by molar-refractivity contribution is 0.101. The van der Waals surface area contributed by atoms with E-state index < -0.39 is 0 Å². The van der Waals surface area contributed by atoms with Crippen LogP contribution in [0.1, 0.15) is 23.1 Å². The molecule has 0 amide bonds. The highest BCUT2D eigenvalue weighted by molar-refractivity contribution is 5.94. The van der Waals surface area contributed by atoms with Gasteiger partial charge in [0.2, 0.25) is 0 Å². The van der Waals surface area contributed by atoms with Gasteiger partial charge >= 0.3 is 0 Å². The molecule has 0 spiro atoms. The summed E-state index contributed by atoms with van der Waals surface area (Å²) in [5.41, 5.74) is 3.37. The van der Waals surface area contributed by atoms with Crippen LogP contribution in [0.3, 0.4) is 0 Å². The van der Waals surface area contributed by atoms with E-state index in [2.05, 4.69) is 20.4 Å². The van der Waals surface area contributed by atoms with E-state index in [9.17, 15) is 4.79 Å². The Balaban J connectivity index is 1.83. The van der Waals surface area contributed by atoms with E-state index in [0.717, 1.165) is 16.8 Å². The summed E-state index contributed by atoms with van der Waals surface area (Å²) < 4.78 is 5.59. The molecule has 0 radical (unpaired) electrons. The fourth-order valence-electron chi connectivity index (χ4n) is 2.07. The minimum Gasteiger partial charge on any atom is -0.436 e. The number of aryl methyl sites for hydroxylation is 1. The molecule has 0 saturated carbocycles. The lowest BCUT2D eigenvalue weighted by atomic mass is 10.1. The molecule has 6 nitrogen and oxygen atoms in total. The van der Waals surface area contributed by atoms with Crippen LogP contribution in [0.15, 0.2) is 42.6 Å². The number of rotatable bonds is 4. The van der Waals surface area contributed by atoms with E-state index in [4.69, 9.17) is 4.74 Å². The Hall–Kier alpha value is -3.02. The summed E-state index contributed by atoms with van der Waals surface area (Å²) in [6.07, 6.45) is 1.78. The maximum atomic E-state index is 11.4. The molecule has 2 aromatic heterocycles. The summed E-state index contributed by atoms with van der Waals surface area (Å²) >= 11 is 0. The molecule has 22 heavy (non-hydrogen) atoms. The summed E-state index contributed by atoms with van der Waals surface area (Å²) in [5.74, 6) is 0.592. The number of carbonyl (C=O) groups is 1. The number of carbonyl (C=O) groups excluding carboxylic acids is 1. The summed E-state index contributed by atoms with van der Waals surface area (Å²) in [6, 6.07) is 11.5. The smallest absolute Gasteiger partial charge is 0.269 e. The molecule has 0 saturated heterocycles. The Bertz CT molecular complexity index is 809. The van der Waals surface area contributed by atoms with Crippen molar-refractivity contribution in [2.75, 3.05) is 0 Å². The van der Waals surface area contributed by atoms with Gasteiger partial charge < -0.3 is 4.74 Å². The third-order valence-electron chi connectivity index (χ3n) is 3.17. The van der Waals surface area contributed by atoms with Crippen LogP contribution in [-0.4, -0.2) is 26.2 Å². The van der Waals surface area contributed by atoms with Crippen LogP contribution in [0.25, 0.3) is 11.1 Å². The minimum atomic E-state index is -0.177. The monoisotopic (exact) mass is 294 g/mol. The fraction of sp³-hybridized carbons (Fsp3) is 0.125. The predicted octanol–water partition coefficient (Wildman–Crippen LogP) is 3.17. The molecule has 0 aliphatic carbocycles. The molecule has 0 fully saturated rings. The van der Waals surface area contributed by atoms with E-state index in [1.54, 1.807) is 6.20 Å². The largest absolute Gasteiger partial charge is 0.436 e. The third-order valence-corrected chi connectivity index (χ3v) is 3.17. The first kappa shape index (κ1) is 13.9. The molecule has 0 aliphatic rings. The standard InChI is InChI=1S/C16H14N4O2/c1-10-9-13(7-8-17-10)12-3-5-14(6-4-12)22-16-15(11(2)21)18-20-19-16/h3-9H,1-2H3,(H,18,19,20). The van der Waals surface area contributed by atoms with Crippen LogP contribution in [-0.2, 0) is 0 Å². The van der Waals surface area contributed by atoms with Crippen molar-refractivity contribution >= 4 is 5.78 Å². The predicted molar refractivity (Wildman–Crippen MR) is 80.9 cm³/mol. The second-order valence-corrected chi connectivity index (χ2v) is 4.86. The van der Waals surface area contributed by atoms with Crippen LogP contribution >= 0.6 is 0 Å². The van der Waals surface area contributed by atoms with Crippen molar-refractivity contribution < 1.29 is 9.53 Å². The molecular weight excluding hydrogens is 280 g/mol. The zero-order valence-corrected chi connectivity index (χ0v) is 12.2. The van der Waals surface area contributed by atoms with E-state index in [1.165, 1.54) is 6.92 Å². The van der Waals surface area contributed by atoms with E-state index in [0.29, 0.717) is 5.75 Å². The van der Waals surface area contributed by atoms with Gasteiger partial charge in [-0.2, -0.15) is 0 Å². The van der Waals surface area contributed by atoms with Gasteiger partial charge in [-0.3, -0.25) is 14.9 Å². The van der Waals surface area contributed by atoms with Gasteiger partial charge in [0, 0.05) is 18.8 Å². The number of hydrogen-bond donors (Lipinski definition) is 1. The van der Waals surface area contributed by atoms with Gasteiger partial charge in [-0.15, -0.1) is 0 Å². The van der Waals surface area contributed by atoms with Crippen molar-refractivity contribution in [2.24, 2.45) is 0 Å². The second-order valence-electron chi connectivity index (χ2n) is 4.86. The maximum absolute atomic E-state index is 11.4. The molecule has 1 aromatic carbocycles. The molecule has 110 valence electrons. The van der Waals surface area contributed by atoms with Gasteiger partial charge in [0.05, 0.1) is 0 Å². The lowest BCUT2D eigenvalue weighted by Gasteiger charge is -2.06. The first-order valence-electron chi connectivity index (χ1n) is 6.76.